The van der Waals surface area contributed by atoms with Gasteiger partial charge >= 0.3 is 39.6 Å². The molecule has 0 amide bonds. The average molecular weight is 527 g/mol. The van der Waals surface area contributed by atoms with Crippen LogP contribution in [-0.2, 0) is 18.4 Å². The minimum atomic E-state index is -0.341. The van der Waals surface area contributed by atoms with Crippen molar-refractivity contribution in [1.82, 2.24) is 9.78 Å². The van der Waals surface area contributed by atoms with Crippen LogP contribution < -0.4 is 0 Å². The van der Waals surface area contributed by atoms with Crippen LogP contribution in [-0.4, -0.2) is 9.78 Å². The predicted molar refractivity (Wildman–Crippen MR) is 83.9 cm³/mol. The number of nitrogens with zero attached hydrogens (tertiary/aromatic N) is 2. The van der Waals surface area contributed by atoms with Crippen LogP contribution in [0.5, 0.6) is 0 Å². The molecule has 0 saturated carbocycles. The minimum absolute atomic E-state index is 0.341. The first-order valence-corrected chi connectivity index (χ1v) is 10.7. The van der Waals surface area contributed by atoms with Crippen LogP contribution in [0.3, 0.4) is 0 Å². The Morgan fingerprint density at radius 1 is 1.37 bits per heavy atom. The van der Waals surface area contributed by atoms with E-state index in [1.54, 1.807) is 10.7 Å². The fourth-order valence-corrected chi connectivity index (χ4v) is 2.47. The molecule has 19 heavy (non-hydrogen) atoms. The topological polar surface area (TPSA) is 17.8 Å². The van der Waals surface area contributed by atoms with Crippen LogP contribution in [0.4, 0.5) is 4.39 Å². The van der Waals surface area contributed by atoms with Crippen molar-refractivity contribution in [2.45, 2.75) is 6.92 Å². The summed E-state index contributed by atoms with van der Waals surface area (Å²) in [5.74, 6) is -0.341. The second-order valence-electron chi connectivity index (χ2n) is 3.54. The van der Waals surface area contributed by atoms with Gasteiger partial charge in [-0.25, -0.2) is 4.39 Å². The molecule has 1 heterocycles. The van der Waals surface area contributed by atoms with Gasteiger partial charge in [0.1, 0.15) is 10.4 Å². The van der Waals surface area contributed by atoms with E-state index in [0.717, 1.165) is 21.4 Å². The van der Waals surface area contributed by atoms with Crippen molar-refractivity contribution in [1.29, 1.82) is 0 Å². The molecule has 1 aromatic carbocycles. The molecule has 2 rings (SSSR count). The van der Waals surface area contributed by atoms with Crippen LogP contribution in [0.25, 0.3) is 11.1 Å². The zero-order chi connectivity index (χ0) is 14.6. The maximum atomic E-state index is 13.0. The zero-order valence-electron chi connectivity index (χ0n) is 9.82. The SMILES string of the molecule is Cc1nn(C)c(Br)c1-c1ccc(F)cc1Cl.[Br][Cu][Br]. The van der Waals surface area contributed by atoms with Crippen molar-refractivity contribution in [3.63, 3.8) is 0 Å². The summed E-state index contributed by atoms with van der Waals surface area (Å²) in [6.45, 7) is 1.89. The molecule has 0 fully saturated rings. The van der Waals surface area contributed by atoms with Crippen molar-refractivity contribution in [2.24, 2.45) is 7.05 Å². The van der Waals surface area contributed by atoms with Gasteiger partial charge in [-0.2, -0.15) is 5.10 Å². The van der Waals surface area contributed by atoms with E-state index in [1.807, 2.05) is 14.0 Å². The Morgan fingerprint density at radius 2 is 1.95 bits per heavy atom. The molecule has 0 bridgehead atoms. The molecule has 1 aromatic heterocycles. The number of rotatable bonds is 1. The number of halogens is 5. The fraction of sp³-hybridized carbons (Fsp3) is 0.182. The molecule has 0 atom stereocenters. The van der Waals surface area contributed by atoms with Gasteiger partial charge in [0, 0.05) is 18.2 Å². The number of aromatic nitrogens is 2. The van der Waals surface area contributed by atoms with E-state index in [1.165, 1.54) is 23.5 Å². The molecule has 0 saturated heterocycles. The number of hydrogen-bond acceptors (Lipinski definition) is 1. The molecule has 2 aromatic rings. The Morgan fingerprint density at radius 3 is 2.37 bits per heavy atom. The van der Waals surface area contributed by atoms with E-state index >= 15 is 0 Å². The molecule has 2 nitrogen and oxygen atoms in total. The molecular weight excluding hydrogens is 518 g/mol. The van der Waals surface area contributed by atoms with Crippen molar-refractivity contribution in [2.75, 3.05) is 0 Å². The zero-order valence-corrected chi connectivity index (χ0v) is 16.3. The summed E-state index contributed by atoms with van der Waals surface area (Å²) < 4.78 is 15.5. The van der Waals surface area contributed by atoms with Gasteiger partial charge in [-0.15, -0.1) is 0 Å². The summed E-state index contributed by atoms with van der Waals surface area (Å²) >= 11 is 16.8. The second-order valence-corrected chi connectivity index (χ2v) is 9.45. The summed E-state index contributed by atoms with van der Waals surface area (Å²) in [5.41, 5.74) is 2.52. The van der Waals surface area contributed by atoms with E-state index in [9.17, 15) is 4.39 Å². The van der Waals surface area contributed by atoms with E-state index in [2.05, 4.69) is 49.2 Å². The van der Waals surface area contributed by atoms with Gasteiger partial charge in [0.05, 0.1) is 10.7 Å². The monoisotopic (exact) mass is 523 g/mol. The van der Waals surface area contributed by atoms with E-state index < -0.39 is 0 Å². The molecule has 0 aliphatic carbocycles. The Hall–Kier alpha value is 0.609. The second kappa shape index (κ2) is 8.15. The van der Waals surface area contributed by atoms with E-state index in [-0.39, 0.29) is 5.82 Å². The van der Waals surface area contributed by atoms with Crippen molar-refractivity contribution < 1.29 is 15.7 Å². The molecule has 0 aliphatic rings. The Bertz CT molecular complexity index is 577. The van der Waals surface area contributed by atoms with Gasteiger partial charge in [-0.05, 0) is 41.1 Å². The quantitative estimate of drug-likeness (QED) is 0.440. The fourth-order valence-electron chi connectivity index (χ4n) is 1.63. The number of benzene rings is 1. The normalized spacial score (nSPS) is 10.3. The molecule has 8 heteroatoms. The summed E-state index contributed by atoms with van der Waals surface area (Å²) in [5, 5.41) is 4.65. The number of hydrogen-bond donors (Lipinski definition) is 0. The third-order valence-corrected chi connectivity index (χ3v) is 3.58. The molecule has 0 N–H and O–H groups in total. The van der Waals surface area contributed by atoms with Crippen LogP contribution >= 0.6 is 55.8 Å². The first kappa shape index (κ1) is 17.7. The summed E-state index contributed by atoms with van der Waals surface area (Å²) in [6.07, 6.45) is 0. The molecule has 0 spiro atoms. The van der Waals surface area contributed by atoms with Crippen molar-refractivity contribution in [3.8, 4) is 11.1 Å². The van der Waals surface area contributed by atoms with Crippen LogP contribution in [0.1, 0.15) is 5.69 Å². The standard InChI is InChI=1S/C11H9BrClFN2.2BrH.Cu/c1-6-10(11(12)16(2)15-6)8-4-3-7(14)5-9(8)13;;;/h3-5H,1-2H3;2*1H;/q;;;+2/p-2. The first-order chi connectivity index (χ1) is 8.92. The van der Waals surface area contributed by atoms with Crippen LogP contribution in [0.15, 0.2) is 22.8 Å². The van der Waals surface area contributed by atoms with Gasteiger partial charge in [0.15, 0.2) is 0 Å². The number of aryl methyl sites for hydroxylation is 2. The Kier molecular flexibility index (Phi) is 7.58. The van der Waals surface area contributed by atoms with E-state index in [0.29, 0.717) is 5.02 Å². The third kappa shape index (κ3) is 4.54. The molecule has 109 valence electrons. The summed E-state index contributed by atoms with van der Waals surface area (Å²) in [7, 11) is 1.83. The van der Waals surface area contributed by atoms with Gasteiger partial charge in [-0.3, -0.25) is 4.68 Å². The van der Waals surface area contributed by atoms with Crippen LogP contribution in [0, 0.1) is 12.7 Å². The van der Waals surface area contributed by atoms with E-state index in [4.69, 9.17) is 11.6 Å². The Labute approximate surface area is 144 Å². The van der Waals surface area contributed by atoms with Gasteiger partial charge in [-0.1, -0.05) is 11.6 Å². The van der Waals surface area contributed by atoms with Crippen molar-refractivity contribution in [3.05, 3.63) is 39.3 Å². The van der Waals surface area contributed by atoms with Gasteiger partial charge < -0.3 is 0 Å². The molecule has 0 unspecified atom stereocenters. The first-order valence-electron chi connectivity index (χ1n) is 4.88. The summed E-state index contributed by atoms with van der Waals surface area (Å²) in [4.78, 5) is 0. The Balaban J connectivity index is 0.000000550. The van der Waals surface area contributed by atoms with Gasteiger partial charge in [0.25, 0.3) is 0 Å². The molecule has 0 radical (unpaired) electrons. The van der Waals surface area contributed by atoms with Gasteiger partial charge in [0.2, 0.25) is 0 Å². The molecule has 0 aliphatic heterocycles. The predicted octanol–water partition coefficient (Wildman–Crippen LogP) is 5.64. The maximum absolute atomic E-state index is 13.0. The van der Waals surface area contributed by atoms with Crippen molar-refractivity contribution >= 4 is 55.8 Å². The third-order valence-electron chi connectivity index (χ3n) is 2.35. The molecular formula is C11H9Br3ClCuFN2. The summed E-state index contributed by atoms with van der Waals surface area (Å²) in [6, 6.07) is 4.35. The average Bonchev–Trinajstić information content (AvgIpc) is 2.56. The van der Waals surface area contributed by atoms with Crippen LogP contribution in [0.2, 0.25) is 5.02 Å².